The van der Waals surface area contributed by atoms with Crippen LogP contribution in [0.3, 0.4) is 0 Å². The predicted octanol–water partition coefficient (Wildman–Crippen LogP) is 8.45. The second-order valence-electron chi connectivity index (χ2n) is 7.89. The normalized spacial score (nSPS) is 11.7. The van der Waals surface area contributed by atoms with Gasteiger partial charge in [-0.2, -0.15) is 0 Å². The third-order valence-electron chi connectivity index (χ3n) is 6.05. The second-order valence-corrected chi connectivity index (χ2v) is 7.89. The molecule has 0 aliphatic heterocycles. The van der Waals surface area contributed by atoms with E-state index in [2.05, 4.69) is 93.6 Å². The molecule has 0 bridgehead atoms. The smallest absolute Gasteiger partial charge is 0.00612 e. The SMILES string of the molecule is Cc1c2ccccc2c(C)c2cc(C(C)c3ccccc3)ccc12.c1ccccc1. The number of hydrogen-bond acceptors (Lipinski definition) is 0. The zero-order valence-electron chi connectivity index (χ0n) is 18.0. The Morgan fingerprint density at radius 2 is 0.867 bits per heavy atom. The van der Waals surface area contributed by atoms with Gasteiger partial charge < -0.3 is 0 Å². The number of benzene rings is 5. The molecule has 0 aromatic heterocycles. The van der Waals surface area contributed by atoms with E-state index in [0.29, 0.717) is 5.92 Å². The van der Waals surface area contributed by atoms with E-state index in [1.165, 1.54) is 43.8 Å². The first-order valence-corrected chi connectivity index (χ1v) is 10.6. The van der Waals surface area contributed by atoms with Gasteiger partial charge in [-0.3, -0.25) is 0 Å². The molecule has 5 rings (SSSR count). The van der Waals surface area contributed by atoms with Crippen LogP contribution in [0.4, 0.5) is 0 Å². The number of hydrogen-bond donors (Lipinski definition) is 0. The molecule has 5 aromatic carbocycles. The van der Waals surface area contributed by atoms with Gasteiger partial charge in [-0.25, -0.2) is 0 Å². The Labute approximate surface area is 179 Å². The third kappa shape index (κ3) is 4.00. The molecule has 0 N–H and O–H groups in total. The summed E-state index contributed by atoms with van der Waals surface area (Å²) in [5.41, 5.74) is 5.51. The summed E-state index contributed by atoms with van der Waals surface area (Å²) in [6, 6.07) is 38.5. The molecular weight excluding hydrogens is 360 g/mol. The first-order chi connectivity index (χ1) is 14.7. The summed E-state index contributed by atoms with van der Waals surface area (Å²) in [5, 5.41) is 5.49. The van der Waals surface area contributed by atoms with Crippen LogP contribution in [0.25, 0.3) is 21.5 Å². The molecule has 0 saturated heterocycles. The van der Waals surface area contributed by atoms with Gasteiger partial charge in [0.2, 0.25) is 0 Å². The van der Waals surface area contributed by atoms with Crippen LogP contribution < -0.4 is 0 Å². The van der Waals surface area contributed by atoms with Crippen molar-refractivity contribution in [3.05, 3.63) is 131 Å². The van der Waals surface area contributed by atoms with Crippen LogP contribution in [0.2, 0.25) is 0 Å². The quantitative estimate of drug-likeness (QED) is 0.266. The standard InChI is InChI=1S/C24H22.C6H6/c1-16(19-9-5-4-6-10-19)20-13-14-23-17(2)21-11-7-8-12-22(21)18(3)24(23)15-20;1-2-4-6-5-3-1/h4-16H,1-3H3;1-6H. The minimum atomic E-state index is 0.404. The summed E-state index contributed by atoms with van der Waals surface area (Å²) in [6.45, 7) is 6.78. The van der Waals surface area contributed by atoms with Crippen LogP contribution in [0.5, 0.6) is 0 Å². The molecule has 1 unspecified atom stereocenters. The Morgan fingerprint density at radius 1 is 0.433 bits per heavy atom. The van der Waals surface area contributed by atoms with E-state index in [9.17, 15) is 0 Å². The molecule has 0 aliphatic carbocycles. The molecule has 0 amide bonds. The zero-order chi connectivity index (χ0) is 20.9. The van der Waals surface area contributed by atoms with Crippen molar-refractivity contribution in [3.63, 3.8) is 0 Å². The molecule has 0 spiro atoms. The Kier molecular flexibility index (Phi) is 5.95. The monoisotopic (exact) mass is 388 g/mol. The van der Waals surface area contributed by atoms with E-state index in [-0.39, 0.29) is 0 Å². The molecule has 0 heteroatoms. The Balaban J connectivity index is 0.000000313. The van der Waals surface area contributed by atoms with Crippen molar-refractivity contribution >= 4 is 21.5 Å². The summed E-state index contributed by atoms with van der Waals surface area (Å²) in [6.07, 6.45) is 0. The fourth-order valence-corrected chi connectivity index (χ4v) is 4.21. The minimum Gasteiger partial charge on any atom is -0.0623 e. The van der Waals surface area contributed by atoms with Gasteiger partial charge in [0.15, 0.2) is 0 Å². The fourth-order valence-electron chi connectivity index (χ4n) is 4.21. The summed E-state index contributed by atoms with van der Waals surface area (Å²) in [5.74, 6) is 0.404. The van der Waals surface area contributed by atoms with E-state index in [1.54, 1.807) is 0 Å². The van der Waals surface area contributed by atoms with Gasteiger partial charge in [-0.05, 0) is 57.6 Å². The van der Waals surface area contributed by atoms with Crippen molar-refractivity contribution in [2.24, 2.45) is 0 Å². The van der Waals surface area contributed by atoms with Crippen LogP contribution in [0.15, 0.2) is 109 Å². The van der Waals surface area contributed by atoms with E-state index in [1.807, 2.05) is 36.4 Å². The average molecular weight is 389 g/mol. The maximum Gasteiger partial charge on any atom is 0.00612 e. The van der Waals surface area contributed by atoms with Gasteiger partial charge in [0, 0.05) is 5.92 Å². The highest BCUT2D eigenvalue weighted by atomic mass is 14.2. The van der Waals surface area contributed by atoms with Crippen molar-refractivity contribution < 1.29 is 0 Å². The topological polar surface area (TPSA) is 0 Å². The molecule has 30 heavy (non-hydrogen) atoms. The summed E-state index contributed by atoms with van der Waals surface area (Å²) >= 11 is 0. The first-order valence-electron chi connectivity index (χ1n) is 10.6. The number of aryl methyl sites for hydroxylation is 2. The van der Waals surface area contributed by atoms with E-state index in [4.69, 9.17) is 0 Å². The number of fused-ring (bicyclic) bond motifs is 2. The van der Waals surface area contributed by atoms with Crippen LogP contribution in [-0.2, 0) is 0 Å². The van der Waals surface area contributed by atoms with Crippen LogP contribution in [0.1, 0.15) is 35.1 Å². The van der Waals surface area contributed by atoms with Crippen molar-refractivity contribution in [1.29, 1.82) is 0 Å². The highest BCUT2D eigenvalue weighted by Crippen LogP contribution is 2.34. The Morgan fingerprint density at radius 3 is 1.43 bits per heavy atom. The lowest BCUT2D eigenvalue weighted by Gasteiger charge is -2.17. The lowest BCUT2D eigenvalue weighted by Crippen LogP contribution is -1.97. The maximum absolute atomic E-state index is 2.39. The second kappa shape index (κ2) is 8.97. The molecule has 148 valence electrons. The highest BCUT2D eigenvalue weighted by Gasteiger charge is 2.12. The van der Waals surface area contributed by atoms with Gasteiger partial charge in [0.1, 0.15) is 0 Å². The Bertz CT molecular complexity index is 1220. The maximum atomic E-state index is 2.39. The van der Waals surface area contributed by atoms with Crippen LogP contribution in [0, 0.1) is 13.8 Å². The van der Waals surface area contributed by atoms with Crippen LogP contribution >= 0.6 is 0 Å². The summed E-state index contributed by atoms with van der Waals surface area (Å²) < 4.78 is 0. The van der Waals surface area contributed by atoms with E-state index < -0.39 is 0 Å². The molecule has 0 nitrogen and oxygen atoms in total. The molecular formula is C30H28. The van der Waals surface area contributed by atoms with Crippen molar-refractivity contribution in [3.8, 4) is 0 Å². The summed E-state index contributed by atoms with van der Waals surface area (Å²) in [4.78, 5) is 0. The number of rotatable bonds is 2. The molecule has 0 aliphatic rings. The van der Waals surface area contributed by atoms with Gasteiger partial charge >= 0.3 is 0 Å². The average Bonchev–Trinajstić information content (AvgIpc) is 2.84. The molecule has 0 radical (unpaired) electrons. The van der Waals surface area contributed by atoms with Gasteiger partial charge in [0.25, 0.3) is 0 Å². The van der Waals surface area contributed by atoms with E-state index >= 15 is 0 Å². The fraction of sp³-hybridized carbons (Fsp3) is 0.133. The largest absolute Gasteiger partial charge is 0.0623 e. The molecule has 0 heterocycles. The Hall–Kier alpha value is -3.38. The zero-order valence-corrected chi connectivity index (χ0v) is 18.0. The van der Waals surface area contributed by atoms with Gasteiger partial charge in [-0.15, -0.1) is 0 Å². The lowest BCUT2D eigenvalue weighted by molar-refractivity contribution is 0.925. The predicted molar refractivity (Wildman–Crippen MR) is 131 cm³/mol. The first kappa shape index (κ1) is 19.9. The minimum absolute atomic E-state index is 0.404. The van der Waals surface area contributed by atoms with Crippen LogP contribution in [-0.4, -0.2) is 0 Å². The highest BCUT2D eigenvalue weighted by molar-refractivity contribution is 6.05. The molecule has 1 atom stereocenters. The van der Waals surface area contributed by atoms with Gasteiger partial charge in [0.05, 0.1) is 0 Å². The molecule has 0 fully saturated rings. The lowest BCUT2D eigenvalue weighted by atomic mass is 9.88. The van der Waals surface area contributed by atoms with Crippen molar-refractivity contribution in [1.82, 2.24) is 0 Å². The molecule has 0 saturated carbocycles. The van der Waals surface area contributed by atoms with E-state index in [0.717, 1.165) is 0 Å². The summed E-state index contributed by atoms with van der Waals surface area (Å²) in [7, 11) is 0. The van der Waals surface area contributed by atoms with Crippen molar-refractivity contribution in [2.45, 2.75) is 26.7 Å². The third-order valence-corrected chi connectivity index (χ3v) is 6.05. The molecule has 5 aromatic rings. The van der Waals surface area contributed by atoms with Crippen molar-refractivity contribution in [2.75, 3.05) is 0 Å². The van der Waals surface area contributed by atoms with Gasteiger partial charge in [-0.1, -0.05) is 116 Å².